The molecule has 1 saturated carbocycles. The highest BCUT2D eigenvalue weighted by atomic mass is 35.5. The van der Waals surface area contributed by atoms with Crippen molar-refractivity contribution in [3.8, 4) is 0 Å². The van der Waals surface area contributed by atoms with Gasteiger partial charge in [-0.05, 0) is 43.2 Å². The number of rotatable bonds is 5. The molecule has 0 spiro atoms. The van der Waals surface area contributed by atoms with Crippen LogP contribution in [0.2, 0.25) is 5.02 Å². The summed E-state index contributed by atoms with van der Waals surface area (Å²) in [6.45, 7) is 0. The molecule has 0 N–H and O–H groups in total. The molecule has 9 heteroatoms. The van der Waals surface area contributed by atoms with Gasteiger partial charge in [0, 0.05) is 28.8 Å². The van der Waals surface area contributed by atoms with Crippen molar-refractivity contribution in [1.82, 2.24) is 4.90 Å². The molecule has 1 aliphatic carbocycles. The predicted octanol–water partition coefficient (Wildman–Crippen LogP) is 4.75. The molecule has 3 amide bonds. The fraction of sp³-hybridized carbons (Fsp3) is 0.375. The smallest absolute Gasteiger partial charge is 0.270 e. The van der Waals surface area contributed by atoms with E-state index in [0.717, 1.165) is 43.4 Å². The van der Waals surface area contributed by atoms with Crippen molar-refractivity contribution < 1.29 is 19.3 Å². The summed E-state index contributed by atoms with van der Waals surface area (Å²) in [6.07, 6.45) is 5.24. The number of non-ortho nitro benzene ring substituents is 1. The topological polar surface area (TPSA) is 101 Å². The van der Waals surface area contributed by atoms with Crippen molar-refractivity contribution >= 4 is 40.7 Å². The van der Waals surface area contributed by atoms with Crippen LogP contribution in [0.3, 0.4) is 0 Å². The Hall–Kier alpha value is -3.26. The molecular formula is C24H24ClN3O5. The third kappa shape index (κ3) is 4.75. The van der Waals surface area contributed by atoms with E-state index in [0.29, 0.717) is 10.7 Å². The average molecular weight is 470 g/mol. The molecule has 4 rings (SSSR count). The molecular weight excluding hydrogens is 446 g/mol. The molecule has 1 heterocycles. The number of hydrogen-bond acceptors (Lipinski definition) is 5. The van der Waals surface area contributed by atoms with Crippen LogP contribution in [0.15, 0.2) is 48.5 Å². The number of halogens is 1. The number of nitro benzene ring substituents is 1. The first-order valence-electron chi connectivity index (χ1n) is 11.1. The highest BCUT2D eigenvalue weighted by molar-refractivity contribution is 6.31. The fourth-order valence-corrected chi connectivity index (χ4v) is 4.82. The van der Waals surface area contributed by atoms with E-state index in [4.69, 9.17) is 11.6 Å². The van der Waals surface area contributed by atoms with E-state index in [2.05, 4.69) is 0 Å². The first-order chi connectivity index (χ1) is 15.9. The van der Waals surface area contributed by atoms with Gasteiger partial charge in [0.1, 0.15) is 6.04 Å². The molecule has 0 aromatic heterocycles. The van der Waals surface area contributed by atoms with Gasteiger partial charge in [-0.25, -0.2) is 4.90 Å². The van der Waals surface area contributed by atoms with Gasteiger partial charge in [-0.15, -0.1) is 0 Å². The number of amides is 3. The van der Waals surface area contributed by atoms with Gasteiger partial charge in [0.05, 0.1) is 17.0 Å². The van der Waals surface area contributed by atoms with Crippen LogP contribution in [-0.4, -0.2) is 39.6 Å². The highest BCUT2D eigenvalue weighted by Crippen LogP contribution is 2.32. The standard InChI is InChI=1S/C24H24ClN3O5/c25-17-10-12-19(13-11-17)27-22(29)15-21(24(27)31)26(18-7-3-1-2-4-8-18)23(30)16-6-5-9-20(14-16)28(32)33/h5-6,9-14,18,21H,1-4,7-8,15H2. The molecule has 1 unspecified atom stereocenters. The zero-order valence-electron chi connectivity index (χ0n) is 18.0. The minimum absolute atomic E-state index is 0.126. The molecule has 2 aromatic rings. The lowest BCUT2D eigenvalue weighted by atomic mass is 10.0. The Kier molecular flexibility index (Phi) is 6.74. The summed E-state index contributed by atoms with van der Waals surface area (Å²) in [5, 5.41) is 11.7. The molecule has 1 atom stereocenters. The number of hydrogen-bond donors (Lipinski definition) is 0. The Bertz CT molecular complexity index is 1080. The van der Waals surface area contributed by atoms with Gasteiger partial charge in [0.25, 0.3) is 17.5 Å². The van der Waals surface area contributed by atoms with Crippen molar-refractivity contribution in [3.63, 3.8) is 0 Å². The minimum Gasteiger partial charge on any atom is -0.323 e. The van der Waals surface area contributed by atoms with Crippen LogP contribution in [0.4, 0.5) is 11.4 Å². The fourth-order valence-electron chi connectivity index (χ4n) is 4.69. The Morgan fingerprint density at radius 2 is 1.70 bits per heavy atom. The quantitative estimate of drug-likeness (QED) is 0.272. The predicted molar refractivity (Wildman–Crippen MR) is 123 cm³/mol. The van der Waals surface area contributed by atoms with Crippen LogP contribution in [0, 0.1) is 10.1 Å². The molecule has 0 bridgehead atoms. The summed E-state index contributed by atoms with van der Waals surface area (Å²) >= 11 is 5.94. The molecule has 2 aromatic carbocycles. The number of carbonyl (C=O) groups is 3. The lowest BCUT2D eigenvalue weighted by molar-refractivity contribution is -0.384. The maximum absolute atomic E-state index is 13.7. The average Bonchev–Trinajstić information content (AvgIpc) is 2.97. The third-order valence-electron chi connectivity index (χ3n) is 6.30. The Morgan fingerprint density at radius 1 is 1.03 bits per heavy atom. The molecule has 8 nitrogen and oxygen atoms in total. The van der Waals surface area contributed by atoms with E-state index >= 15 is 0 Å². The van der Waals surface area contributed by atoms with E-state index in [1.54, 1.807) is 24.3 Å². The number of nitro groups is 1. The maximum atomic E-state index is 13.7. The monoisotopic (exact) mass is 469 g/mol. The Balaban J connectivity index is 1.70. The van der Waals surface area contributed by atoms with E-state index in [1.165, 1.54) is 29.2 Å². The zero-order chi connectivity index (χ0) is 23.5. The second-order valence-corrected chi connectivity index (χ2v) is 8.87. The Labute approximate surface area is 196 Å². The normalized spacial score (nSPS) is 19.4. The number of imide groups is 1. The van der Waals surface area contributed by atoms with E-state index in [-0.39, 0.29) is 23.7 Å². The van der Waals surface area contributed by atoms with Crippen molar-refractivity contribution in [3.05, 3.63) is 69.2 Å². The Morgan fingerprint density at radius 3 is 2.33 bits per heavy atom. The summed E-state index contributed by atoms with van der Waals surface area (Å²) in [5.74, 6) is -1.32. The first kappa shape index (κ1) is 22.9. The van der Waals surface area contributed by atoms with Crippen LogP contribution >= 0.6 is 11.6 Å². The summed E-state index contributed by atoms with van der Waals surface area (Å²) in [4.78, 5) is 53.3. The second-order valence-electron chi connectivity index (χ2n) is 8.43. The van der Waals surface area contributed by atoms with Gasteiger partial charge in [0.15, 0.2) is 0 Å². The van der Waals surface area contributed by atoms with Crippen LogP contribution in [0.25, 0.3) is 0 Å². The highest BCUT2D eigenvalue weighted by Gasteiger charge is 2.46. The minimum atomic E-state index is -0.956. The number of benzene rings is 2. The van der Waals surface area contributed by atoms with Gasteiger partial charge in [-0.1, -0.05) is 43.4 Å². The molecule has 2 aliphatic rings. The van der Waals surface area contributed by atoms with Crippen molar-refractivity contribution in [1.29, 1.82) is 0 Å². The van der Waals surface area contributed by atoms with Crippen molar-refractivity contribution in [2.24, 2.45) is 0 Å². The maximum Gasteiger partial charge on any atom is 0.270 e. The van der Waals surface area contributed by atoms with Crippen LogP contribution in [0.1, 0.15) is 55.3 Å². The first-order valence-corrected chi connectivity index (χ1v) is 11.4. The lowest BCUT2D eigenvalue weighted by Gasteiger charge is -2.35. The van der Waals surface area contributed by atoms with Crippen molar-refractivity contribution in [2.75, 3.05) is 4.90 Å². The third-order valence-corrected chi connectivity index (χ3v) is 6.55. The van der Waals surface area contributed by atoms with Crippen LogP contribution in [-0.2, 0) is 9.59 Å². The molecule has 2 fully saturated rings. The van der Waals surface area contributed by atoms with E-state index < -0.39 is 28.7 Å². The van der Waals surface area contributed by atoms with Crippen LogP contribution < -0.4 is 4.90 Å². The van der Waals surface area contributed by atoms with Gasteiger partial charge in [-0.2, -0.15) is 0 Å². The molecule has 0 radical (unpaired) electrons. The lowest BCUT2D eigenvalue weighted by Crippen LogP contribution is -2.50. The van der Waals surface area contributed by atoms with Crippen molar-refractivity contribution in [2.45, 2.75) is 57.0 Å². The van der Waals surface area contributed by atoms with E-state index in [9.17, 15) is 24.5 Å². The van der Waals surface area contributed by atoms with Crippen LogP contribution in [0.5, 0.6) is 0 Å². The summed E-state index contributed by atoms with van der Waals surface area (Å²) in [5.41, 5.74) is 0.345. The summed E-state index contributed by atoms with van der Waals surface area (Å²) in [6, 6.07) is 10.7. The van der Waals surface area contributed by atoms with Gasteiger partial charge in [-0.3, -0.25) is 24.5 Å². The van der Waals surface area contributed by atoms with Gasteiger partial charge in [0.2, 0.25) is 5.91 Å². The zero-order valence-corrected chi connectivity index (χ0v) is 18.7. The second kappa shape index (κ2) is 9.70. The summed E-state index contributed by atoms with van der Waals surface area (Å²) in [7, 11) is 0. The summed E-state index contributed by atoms with van der Waals surface area (Å²) < 4.78 is 0. The van der Waals surface area contributed by atoms with Gasteiger partial charge >= 0.3 is 0 Å². The molecule has 172 valence electrons. The number of anilines is 1. The number of nitrogens with zero attached hydrogens (tertiary/aromatic N) is 3. The molecule has 1 aliphatic heterocycles. The largest absolute Gasteiger partial charge is 0.323 e. The van der Waals surface area contributed by atoms with E-state index in [1.807, 2.05) is 0 Å². The molecule has 1 saturated heterocycles. The van der Waals surface area contributed by atoms with Gasteiger partial charge < -0.3 is 4.90 Å². The molecule has 33 heavy (non-hydrogen) atoms. The number of carbonyl (C=O) groups excluding carboxylic acids is 3. The SMILES string of the molecule is O=C1CC(N(C(=O)c2cccc([N+](=O)[O-])c2)C2CCCCCC2)C(=O)N1c1ccc(Cl)cc1.